The Morgan fingerprint density at radius 2 is 2.16 bits per heavy atom. The van der Waals surface area contributed by atoms with E-state index < -0.39 is 11.8 Å². The van der Waals surface area contributed by atoms with Gasteiger partial charge < -0.3 is 10.4 Å². The number of carboxylic acids is 1. The Bertz CT molecular complexity index is 479. The van der Waals surface area contributed by atoms with E-state index in [1.54, 1.807) is 6.07 Å². The molecule has 1 atom stereocenters. The van der Waals surface area contributed by atoms with E-state index in [1.165, 1.54) is 19.1 Å². The van der Waals surface area contributed by atoms with Gasteiger partial charge in [0.2, 0.25) is 5.91 Å². The summed E-state index contributed by atoms with van der Waals surface area (Å²) in [5, 5.41) is 11.3. The lowest BCUT2D eigenvalue weighted by molar-refractivity contribution is -0.137. The third-order valence-electron chi connectivity index (χ3n) is 2.58. The summed E-state index contributed by atoms with van der Waals surface area (Å²) < 4.78 is 13.3. The molecule has 0 spiro atoms. The molecule has 1 aromatic carbocycles. The number of halogens is 2. The predicted molar refractivity (Wildman–Crippen MR) is 69.6 cm³/mol. The summed E-state index contributed by atoms with van der Waals surface area (Å²) in [5.74, 6) is -1.71. The standard InChI is InChI=1S/C13H15ClFNO3/c1-8(17)16-10(3-5-13(18)19)6-9-2-4-11(14)12(15)7-9/h2,4,7,10H,3,5-6H2,1H3,(H,16,17)(H,18,19). The number of hydrogen-bond donors (Lipinski definition) is 2. The van der Waals surface area contributed by atoms with Gasteiger partial charge in [0.05, 0.1) is 5.02 Å². The van der Waals surface area contributed by atoms with Crippen molar-refractivity contribution in [3.05, 3.63) is 34.6 Å². The molecular weight excluding hydrogens is 273 g/mol. The predicted octanol–water partition coefficient (Wildman–Crippen LogP) is 2.39. The van der Waals surface area contributed by atoms with Crippen LogP contribution in [0.3, 0.4) is 0 Å². The Balaban J connectivity index is 2.71. The van der Waals surface area contributed by atoms with Gasteiger partial charge in [0, 0.05) is 19.4 Å². The molecule has 19 heavy (non-hydrogen) atoms. The van der Waals surface area contributed by atoms with Crippen LogP contribution in [0.15, 0.2) is 18.2 Å². The van der Waals surface area contributed by atoms with E-state index in [1.807, 2.05) is 0 Å². The second-order valence-corrected chi connectivity index (χ2v) is 4.69. The van der Waals surface area contributed by atoms with Gasteiger partial charge in [-0.05, 0) is 30.5 Å². The average Bonchev–Trinajstić information content (AvgIpc) is 2.30. The van der Waals surface area contributed by atoms with E-state index in [9.17, 15) is 14.0 Å². The minimum atomic E-state index is -0.933. The highest BCUT2D eigenvalue weighted by molar-refractivity contribution is 6.30. The third kappa shape index (κ3) is 5.70. The highest BCUT2D eigenvalue weighted by Gasteiger charge is 2.13. The summed E-state index contributed by atoms with van der Waals surface area (Å²) in [6, 6.07) is 4.04. The van der Waals surface area contributed by atoms with Crippen LogP contribution in [0.5, 0.6) is 0 Å². The first-order valence-electron chi connectivity index (χ1n) is 5.81. The number of rotatable bonds is 6. The third-order valence-corrected chi connectivity index (χ3v) is 2.89. The van der Waals surface area contributed by atoms with Crippen LogP contribution in [0.25, 0.3) is 0 Å². The monoisotopic (exact) mass is 287 g/mol. The quantitative estimate of drug-likeness (QED) is 0.844. The van der Waals surface area contributed by atoms with Crippen LogP contribution >= 0.6 is 11.6 Å². The van der Waals surface area contributed by atoms with Crippen LogP contribution in [0.1, 0.15) is 25.3 Å². The first kappa shape index (κ1) is 15.4. The zero-order valence-corrected chi connectivity index (χ0v) is 11.2. The Hall–Kier alpha value is -1.62. The molecule has 6 heteroatoms. The number of aliphatic carboxylic acids is 1. The fraction of sp³-hybridized carbons (Fsp3) is 0.385. The van der Waals surface area contributed by atoms with Crippen LogP contribution in [-0.4, -0.2) is 23.0 Å². The maximum absolute atomic E-state index is 13.3. The van der Waals surface area contributed by atoms with Crippen molar-refractivity contribution in [3.8, 4) is 0 Å². The van der Waals surface area contributed by atoms with E-state index in [0.717, 1.165) is 0 Å². The summed E-state index contributed by atoms with van der Waals surface area (Å²) >= 11 is 5.58. The number of hydrogen-bond acceptors (Lipinski definition) is 2. The molecule has 0 aliphatic carbocycles. The molecule has 4 nitrogen and oxygen atoms in total. The van der Waals surface area contributed by atoms with Gasteiger partial charge in [-0.2, -0.15) is 0 Å². The van der Waals surface area contributed by atoms with E-state index in [4.69, 9.17) is 16.7 Å². The SMILES string of the molecule is CC(=O)NC(CCC(=O)O)Cc1ccc(Cl)c(F)c1. The molecule has 0 heterocycles. The molecule has 0 aliphatic heterocycles. The van der Waals surface area contributed by atoms with Crippen LogP contribution in [0.2, 0.25) is 5.02 Å². The maximum atomic E-state index is 13.3. The van der Waals surface area contributed by atoms with Gasteiger partial charge in [0.25, 0.3) is 0 Å². The summed E-state index contributed by atoms with van der Waals surface area (Å²) in [4.78, 5) is 21.6. The van der Waals surface area contributed by atoms with E-state index >= 15 is 0 Å². The Morgan fingerprint density at radius 3 is 2.68 bits per heavy atom. The topological polar surface area (TPSA) is 66.4 Å². The highest BCUT2D eigenvalue weighted by Crippen LogP contribution is 2.17. The lowest BCUT2D eigenvalue weighted by Gasteiger charge is -2.17. The first-order chi connectivity index (χ1) is 8.88. The Morgan fingerprint density at radius 1 is 1.47 bits per heavy atom. The molecule has 104 valence electrons. The van der Waals surface area contributed by atoms with Crippen molar-refractivity contribution in [2.45, 2.75) is 32.2 Å². The molecule has 0 aromatic heterocycles. The van der Waals surface area contributed by atoms with Gasteiger partial charge in [-0.1, -0.05) is 17.7 Å². The van der Waals surface area contributed by atoms with Gasteiger partial charge >= 0.3 is 5.97 Å². The normalized spacial score (nSPS) is 11.9. The summed E-state index contributed by atoms with van der Waals surface area (Å²) in [5.41, 5.74) is 0.658. The number of benzene rings is 1. The van der Waals surface area contributed by atoms with Crippen molar-refractivity contribution in [2.24, 2.45) is 0 Å². The van der Waals surface area contributed by atoms with Crippen molar-refractivity contribution in [1.29, 1.82) is 0 Å². The number of carboxylic acid groups (broad SMARTS) is 1. The molecular formula is C13H15ClFNO3. The zero-order chi connectivity index (χ0) is 14.4. The molecule has 1 rings (SSSR count). The van der Waals surface area contributed by atoms with Gasteiger partial charge in [0.15, 0.2) is 0 Å². The molecule has 2 N–H and O–H groups in total. The number of carbonyl (C=O) groups excluding carboxylic acids is 1. The number of amides is 1. The minimum absolute atomic E-state index is 0.0327. The van der Waals surface area contributed by atoms with Crippen LogP contribution in [0.4, 0.5) is 4.39 Å². The Labute approximate surface area is 115 Å². The molecule has 1 aromatic rings. The van der Waals surface area contributed by atoms with Crippen LogP contribution in [0, 0.1) is 5.82 Å². The van der Waals surface area contributed by atoms with Crippen LogP contribution in [-0.2, 0) is 16.0 Å². The van der Waals surface area contributed by atoms with Gasteiger partial charge in [-0.3, -0.25) is 9.59 Å². The second-order valence-electron chi connectivity index (χ2n) is 4.28. The van der Waals surface area contributed by atoms with Crippen molar-refractivity contribution in [3.63, 3.8) is 0 Å². The van der Waals surface area contributed by atoms with E-state index in [-0.39, 0.29) is 23.4 Å². The van der Waals surface area contributed by atoms with E-state index in [2.05, 4.69) is 5.32 Å². The van der Waals surface area contributed by atoms with Crippen molar-refractivity contribution >= 4 is 23.5 Å². The molecule has 0 fully saturated rings. The van der Waals surface area contributed by atoms with Crippen molar-refractivity contribution in [1.82, 2.24) is 5.32 Å². The second kappa shape index (κ2) is 7.09. The fourth-order valence-electron chi connectivity index (χ4n) is 1.76. The molecule has 1 unspecified atom stereocenters. The van der Waals surface area contributed by atoms with Gasteiger partial charge in [-0.15, -0.1) is 0 Å². The molecule has 0 aliphatic rings. The first-order valence-corrected chi connectivity index (χ1v) is 6.19. The molecule has 1 amide bonds. The van der Waals surface area contributed by atoms with Crippen molar-refractivity contribution in [2.75, 3.05) is 0 Å². The fourth-order valence-corrected chi connectivity index (χ4v) is 1.88. The van der Waals surface area contributed by atoms with Gasteiger partial charge in [0.1, 0.15) is 5.82 Å². The summed E-state index contributed by atoms with van der Waals surface area (Å²) in [7, 11) is 0. The lowest BCUT2D eigenvalue weighted by atomic mass is 10.0. The summed E-state index contributed by atoms with van der Waals surface area (Å²) in [6.45, 7) is 1.36. The molecule has 0 radical (unpaired) electrons. The molecule has 0 saturated heterocycles. The Kier molecular flexibility index (Phi) is 5.76. The molecule has 0 saturated carbocycles. The summed E-state index contributed by atoms with van der Waals surface area (Å²) in [6.07, 6.45) is 0.598. The zero-order valence-electron chi connectivity index (χ0n) is 10.5. The molecule has 0 bridgehead atoms. The van der Waals surface area contributed by atoms with Gasteiger partial charge in [-0.25, -0.2) is 4.39 Å². The van der Waals surface area contributed by atoms with E-state index in [0.29, 0.717) is 18.4 Å². The highest BCUT2D eigenvalue weighted by atomic mass is 35.5. The lowest BCUT2D eigenvalue weighted by Crippen LogP contribution is -2.35. The number of carbonyl (C=O) groups is 2. The smallest absolute Gasteiger partial charge is 0.303 e. The largest absolute Gasteiger partial charge is 0.481 e. The maximum Gasteiger partial charge on any atom is 0.303 e. The van der Waals surface area contributed by atoms with Crippen LogP contribution < -0.4 is 5.32 Å². The van der Waals surface area contributed by atoms with Crippen molar-refractivity contribution < 1.29 is 19.1 Å². The number of nitrogens with one attached hydrogen (secondary N) is 1. The average molecular weight is 288 g/mol. The minimum Gasteiger partial charge on any atom is -0.481 e.